The number of rotatable bonds is 2. The van der Waals surface area contributed by atoms with Crippen LogP contribution in [0.3, 0.4) is 0 Å². The standard InChI is InChI=1S/C13H17ClN2O3S/c1-8-4-9-5-11(6-12(14)13(9)19-8)20(17,18)16-3-2-10(15)7-16/h5-6,8,10H,2-4,7,15H2,1H3/t8-,10+/m1/s1. The predicted octanol–water partition coefficient (Wildman–Crippen LogP) is 1.39. The van der Waals surface area contributed by atoms with Crippen LogP contribution in [0, 0.1) is 0 Å². The van der Waals surface area contributed by atoms with Crippen molar-refractivity contribution in [2.75, 3.05) is 13.1 Å². The number of fused-ring (bicyclic) bond motifs is 1. The van der Waals surface area contributed by atoms with E-state index in [0.29, 0.717) is 36.7 Å². The molecule has 0 spiro atoms. The zero-order chi connectivity index (χ0) is 14.5. The molecule has 1 saturated heterocycles. The van der Waals surface area contributed by atoms with Crippen molar-refractivity contribution >= 4 is 21.6 Å². The van der Waals surface area contributed by atoms with E-state index in [1.165, 1.54) is 10.4 Å². The van der Waals surface area contributed by atoms with Crippen molar-refractivity contribution in [2.45, 2.75) is 36.8 Å². The van der Waals surface area contributed by atoms with Crippen LogP contribution in [0.15, 0.2) is 17.0 Å². The minimum Gasteiger partial charge on any atom is -0.489 e. The van der Waals surface area contributed by atoms with Gasteiger partial charge in [-0.2, -0.15) is 4.31 Å². The van der Waals surface area contributed by atoms with E-state index in [9.17, 15) is 8.42 Å². The summed E-state index contributed by atoms with van der Waals surface area (Å²) in [7, 11) is -3.52. The summed E-state index contributed by atoms with van der Waals surface area (Å²) in [6.07, 6.45) is 1.40. The van der Waals surface area contributed by atoms with Crippen molar-refractivity contribution in [1.29, 1.82) is 0 Å². The molecule has 0 aliphatic carbocycles. The number of hydrogen-bond donors (Lipinski definition) is 1. The van der Waals surface area contributed by atoms with Gasteiger partial charge in [0.1, 0.15) is 11.9 Å². The van der Waals surface area contributed by atoms with Gasteiger partial charge in [-0.05, 0) is 25.5 Å². The maximum atomic E-state index is 12.6. The Balaban J connectivity index is 1.99. The van der Waals surface area contributed by atoms with Crippen LogP contribution in [0.1, 0.15) is 18.9 Å². The molecule has 0 bridgehead atoms. The molecule has 2 atom stereocenters. The maximum absolute atomic E-state index is 12.6. The Hall–Kier alpha value is -0.820. The lowest BCUT2D eigenvalue weighted by atomic mass is 10.1. The molecule has 2 heterocycles. The van der Waals surface area contributed by atoms with Crippen molar-refractivity contribution in [3.63, 3.8) is 0 Å². The minimum absolute atomic E-state index is 0.0284. The highest BCUT2D eigenvalue weighted by molar-refractivity contribution is 7.89. The third kappa shape index (κ3) is 2.30. The fourth-order valence-corrected chi connectivity index (χ4v) is 4.67. The largest absolute Gasteiger partial charge is 0.489 e. The molecule has 110 valence electrons. The fraction of sp³-hybridized carbons (Fsp3) is 0.538. The van der Waals surface area contributed by atoms with Crippen molar-refractivity contribution in [1.82, 2.24) is 4.31 Å². The van der Waals surface area contributed by atoms with E-state index in [0.717, 1.165) is 5.56 Å². The van der Waals surface area contributed by atoms with E-state index in [1.807, 2.05) is 6.92 Å². The van der Waals surface area contributed by atoms with Crippen LogP contribution in [0.2, 0.25) is 5.02 Å². The first-order valence-electron chi connectivity index (χ1n) is 6.62. The molecule has 1 fully saturated rings. The molecule has 1 aromatic rings. The van der Waals surface area contributed by atoms with E-state index in [4.69, 9.17) is 22.1 Å². The summed E-state index contributed by atoms with van der Waals surface area (Å²) in [6, 6.07) is 3.06. The third-order valence-electron chi connectivity index (χ3n) is 3.75. The zero-order valence-electron chi connectivity index (χ0n) is 11.2. The Labute approximate surface area is 123 Å². The summed E-state index contributed by atoms with van der Waals surface area (Å²) in [5, 5.41) is 0.355. The van der Waals surface area contributed by atoms with Gasteiger partial charge >= 0.3 is 0 Å². The molecule has 7 heteroatoms. The first-order valence-corrected chi connectivity index (χ1v) is 8.44. The second kappa shape index (κ2) is 4.87. The second-order valence-corrected chi connectivity index (χ2v) is 7.78. The molecule has 3 rings (SSSR count). The van der Waals surface area contributed by atoms with Gasteiger partial charge in [0.05, 0.1) is 9.92 Å². The van der Waals surface area contributed by atoms with E-state index in [2.05, 4.69) is 0 Å². The normalized spacial score (nSPS) is 26.6. The Kier molecular flexibility index (Phi) is 3.44. The molecule has 2 N–H and O–H groups in total. The highest BCUT2D eigenvalue weighted by Crippen LogP contribution is 2.38. The van der Waals surface area contributed by atoms with E-state index in [1.54, 1.807) is 6.07 Å². The van der Waals surface area contributed by atoms with Gasteiger partial charge < -0.3 is 10.5 Å². The monoisotopic (exact) mass is 316 g/mol. The van der Waals surface area contributed by atoms with Crippen LogP contribution < -0.4 is 10.5 Å². The van der Waals surface area contributed by atoms with Gasteiger partial charge in [0.2, 0.25) is 10.0 Å². The van der Waals surface area contributed by atoms with Crippen LogP contribution in [0.25, 0.3) is 0 Å². The Morgan fingerprint density at radius 3 is 2.85 bits per heavy atom. The molecule has 2 aliphatic heterocycles. The van der Waals surface area contributed by atoms with Crippen LogP contribution in [-0.2, 0) is 16.4 Å². The van der Waals surface area contributed by atoms with Crippen molar-refractivity contribution in [3.05, 3.63) is 22.7 Å². The highest BCUT2D eigenvalue weighted by atomic mass is 35.5. The molecule has 0 saturated carbocycles. The maximum Gasteiger partial charge on any atom is 0.243 e. The number of nitrogens with two attached hydrogens (primary N) is 1. The fourth-order valence-electron chi connectivity index (χ4n) is 2.73. The Morgan fingerprint density at radius 2 is 2.20 bits per heavy atom. The van der Waals surface area contributed by atoms with E-state index in [-0.39, 0.29) is 17.0 Å². The predicted molar refractivity (Wildman–Crippen MR) is 76.6 cm³/mol. The molecule has 0 aromatic heterocycles. The minimum atomic E-state index is -3.52. The Bertz CT molecular complexity index is 647. The SMILES string of the molecule is C[C@@H]1Cc2cc(S(=O)(=O)N3CC[C@H](N)C3)cc(Cl)c2O1. The van der Waals surface area contributed by atoms with E-state index < -0.39 is 10.0 Å². The number of halogens is 1. The summed E-state index contributed by atoms with van der Waals surface area (Å²) in [4.78, 5) is 0.230. The smallest absolute Gasteiger partial charge is 0.243 e. The van der Waals surface area contributed by atoms with Gasteiger partial charge in [-0.25, -0.2) is 8.42 Å². The lowest BCUT2D eigenvalue weighted by Crippen LogP contribution is -2.32. The first-order chi connectivity index (χ1) is 9.38. The summed E-state index contributed by atoms with van der Waals surface area (Å²) < 4.78 is 32.2. The van der Waals surface area contributed by atoms with Crippen LogP contribution in [0.4, 0.5) is 0 Å². The molecule has 5 nitrogen and oxygen atoms in total. The number of ether oxygens (including phenoxy) is 1. The van der Waals surface area contributed by atoms with Crippen molar-refractivity contribution < 1.29 is 13.2 Å². The quantitative estimate of drug-likeness (QED) is 0.895. The molecule has 0 amide bonds. The zero-order valence-corrected chi connectivity index (χ0v) is 12.7. The van der Waals surface area contributed by atoms with Gasteiger partial charge in [0.15, 0.2) is 0 Å². The third-order valence-corrected chi connectivity index (χ3v) is 5.87. The van der Waals surface area contributed by atoms with Gasteiger partial charge in [-0.1, -0.05) is 11.6 Å². The molecule has 0 radical (unpaired) electrons. The summed E-state index contributed by atoms with van der Waals surface area (Å²) in [5.74, 6) is 0.608. The summed E-state index contributed by atoms with van der Waals surface area (Å²) in [6.45, 7) is 2.76. The van der Waals surface area contributed by atoms with Gasteiger partial charge in [0.25, 0.3) is 0 Å². The van der Waals surface area contributed by atoms with Gasteiger partial charge in [0, 0.05) is 31.1 Å². The molecule has 2 aliphatic rings. The molecule has 0 unspecified atom stereocenters. The van der Waals surface area contributed by atoms with Crippen molar-refractivity contribution in [2.24, 2.45) is 5.73 Å². The molecular formula is C13H17ClN2O3S. The summed E-state index contributed by atoms with van der Waals surface area (Å²) in [5.41, 5.74) is 6.64. The van der Waals surface area contributed by atoms with Crippen LogP contribution in [0.5, 0.6) is 5.75 Å². The lowest BCUT2D eigenvalue weighted by molar-refractivity contribution is 0.255. The Morgan fingerprint density at radius 1 is 1.45 bits per heavy atom. The lowest BCUT2D eigenvalue weighted by Gasteiger charge is -2.17. The number of nitrogens with zero attached hydrogens (tertiary/aromatic N) is 1. The number of sulfonamides is 1. The van der Waals surface area contributed by atoms with E-state index >= 15 is 0 Å². The van der Waals surface area contributed by atoms with Crippen LogP contribution >= 0.6 is 11.6 Å². The van der Waals surface area contributed by atoms with Gasteiger partial charge in [-0.3, -0.25) is 0 Å². The topological polar surface area (TPSA) is 72.6 Å². The molecule has 1 aromatic carbocycles. The molecule has 20 heavy (non-hydrogen) atoms. The highest BCUT2D eigenvalue weighted by Gasteiger charge is 2.33. The van der Waals surface area contributed by atoms with Crippen molar-refractivity contribution in [3.8, 4) is 5.75 Å². The summed E-state index contributed by atoms with van der Waals surface area (Å²) >= 11 is 6.15. The average molecular weight is 317 g/mol. The number of benzene rings is 1. The average Bonchev–Trinajstić information content (AvgIpc) is 2.95. The van der Waals surface area contributed by atoms with Crippen LogP contribution in [-0.4, -0.2) is 38.0 Å². The second-order valence-electron chi connectivity index (χ2n) is 5.44. The number of hydrogen-bond acceptors (Lipinski definition) is 4. The van der Waals surface area contributed by atoms with Gasteiger partial charge in [-0.15, -0.1) is 0 Å². The molecular weight excluding hydrogens is 300 g/mol. The first kappa shape index (κ1) is 14.1.